The molecule has 0 aromatic heterocycles. The van der Waals surface area contributed by atoms with E-state index in [0.29, 0.717) is 25.7 Å². The van der Waals surface area contributed by atoms with Crippen molar-refractivity contribution in [2.45, 2.75) is 228 Å². The summed E-state index contributed by atoms with van der Waals surface area (Å²) in [6.07, 6.45) is -9.26. The summed E-state index contributed by atoms with van der Waals surface area (Å²) in [6.45, 7) is -1.85. The van der Waals surface area contributed by atoms with Crippen LogP contribution in [0.4, 0.5) is 0 Å². The van der Waals surface area contributed by atoms with Crippen LogP contribution >= 0.6 is 21.7 Å². The van der Waals surface area contributed by atoms with Crippen LogP contribution in [0.3, 0.4) is 0 Å². The molecule has 9 rings (SSSR count). The maximum absolute atomic E-state index is 13.0. The third kappa shape index (κ3) is 21.5. The van der Waals surface area contributed by atoms with Crippen LogP contribution in [-0.4, -0.2) is 317 Å². The number of aliphatic hydroxyl groups is 7. The number of hydrogen-bond donors (Lipinski definition) is 28. The maximum Gasteiger partial charge on any atom is 0.306 e. The lowest BCUT2D eigenvalue weighted by Gasteiger charge is -2.53. The Morgan fingerprint density at radius 3 is 1.10 bits per heavy atom. The molecule has 25 atom stereocenters. The molecule has 0 bridgehead atoms. The van der Waals surface area contributed by atoms with Gasteiger partial charge in [0.15, 0.2) is 0 Å². The molecule has 42 nitrogen and oxygen atoms in total. The summed E-state index contributed by atoms with van der Waals surface area (Å²) in [7, 11) is -18.7. The van der Waals surface area contributed by atoms with Crippen LogP contribution in [0.5, 0.6) is 0 Å². The summed E-state index contributed by atoms with van der Waals surface area (Å²) in [5.74, 6) is -10.6. The second-order valence-corrected chi connectivity index (χ2v) is 35.5. The van der Waals surface area contributed by atoms with Gasteiger partial charge in [0.2, 0.25) is 0 Å². The fraction of sp³-hybridized carbons (Fsp3) is 0.946. The first kappa shape index (κ1) is 83.1. The Bertz CT molecular complexity index is 3010. The Hall–Kier alpha value is -2.91. The number of carbonyl (C=O) groups is 3. The number of rotatable bonds is 31. The van der Waals surface area contributed by atoms with Crippen molar-refractivity contribution in [2.24, 2.45) is 61.9 Å². The average Bonchev–Trinajstić information content (AvgIpc) is 0.752. The van der Waals surface area contributed by atoms with Crippen LogP contribution in [0.25, 0.3) is 0 Å². The van der Waals surface area contributed by atoms with E-state index in [1.54, 1.807) is 9.80 Å². The number of carboxylic acids is 3. The highest BCUT2D eigenvalue weighted by atomic mass is 32.3. The largest absolute Gasteiger partial charge is 0.481 e. The van der Waals surface area contributed by atoms with Crippen LogP contribution in [0.15, 0.2) is 20.5 Å². The third-order valence-electron chi connectivity index (χ3n) is 22.1. The number of carboxylic acid groups (broad SMARTS) is 3. The van der Waals surface area contributed by atoms with Crippen molar-refractivity contribution in [1.29, 1.82) is 0 Å². The Balaban J connectivity index is 0.906. The lowest BCUT2D eigenvalue weighted by molar-refractivity contribution is -0.149. The topological polar surface area (TPSA) is 669 Å². The molecule has 2 aliphatic heterocycles. The highest BCUT2D eigenvalue weighted by Crippen LogP contribution is 2.56. The van der Waals surface area contributed by atoms with E-state index in [0.717, 1.165) is 0 Å². The number of aliphatic hydroxyl groups excluding tert-OH is 7. The molecule has 0 radical (unpaired) electrons. The van der Waals surface area contributed by atoms with E-state index in [4.69, 9.17) is 4.74 Å². The minimum absolute atomic E-state index is 0.0120. The molecule has 28 N–H and O–H groups in total. The Morgan fingerprint density at radius 1 is 0.431 bits per heavy atom. The van der Waals surface area contributed by atoms with Crippen LogP contribution in [-0.2, 0) is 39.4 Å². The van der Waals surface area contributed by atoms with Crippen molar-refractivity contribution in [3.63, 3.8) is 0 Å². The Morgan fingerprint density at radius 2 is 0.775 bits per heavy atom. The van der Waals surface area contributed by atoms with Gasteiger partial charge >= 0.3 is 17.9 Å². The number of fused-ring (bicyclic) bond motifs is 2. The van der Waals surface area contributed by atoms with Crippen LogP contribution in [0, 0.1) is 41.4 Å². The monoisotopic (exact) mass is 1550 g/mol. The lowest BCUT2D eigenvalue weighted by Crippen LogP contribution is -2.80. The first-order valence-corrected chi connectivity index (χ1v) is 40.7. The van der Waals surface area contributed by atoms with Crippen molar-refractivity contribution < 1.29 is 123 Å². The number of nitrogens with one attached hydrogen (secondary N) is 10. The highest BCUT2D eigenvalue weighted by Gasteiger charge is 2.59. The average molecular weight is 1550 g/mol. The SMILES string of the molecule is O=C(O)C1CC(N=NC2C(O)C3C(CC2S(O)(O)O)CC(S(=O)(=O)O)CC3NC2NC(NC3CCC(NC4NC(NC5CC(S(=O)(=O)O)CC6CC(S(O)(O)O)C(N=NC7CC(C(=O)O)CC(C(=O)O)C7)C(O)C65)NC(N(CCO)CCO)N4)CC3)NC(N(CCO)CCO)N2)CC(OCO)C1. The standard InChI is InChI=1S/C56H106N16O26S4/c73-9-5-71(6-10-74)55-63-51(61-53(65-55)59-38-23-36(99(86,87)88)18-26-20-40(101(92,93)94)44(46(78)42(26)38)69-67-33-14-28(48(80)81)13-29(15-33)49(82)83)57-31-1-3-32(4-2-31)58-52-62-54(66-56(64-52)72(7-11-75)8-12-76)60-39-24-37(100(89,90)91)19-27-21-41(102(95,96)97)45(47(79)43(27)39)70-68-34-16-30(50(84)85)17-35(22-34)98-25-77/h26-47,51-66,73-79,92-97H,1-25H2,(H,80,81)(H,82,83)(H,84,85)(H,86,87,88)(H,89,90,91). The van der Waals surface area contributed by atoms with Gasteiger partial charge in [-0.15, -0.1) is 0 Å². The van der Waals surface area contributed by atoms with E-state index in [-0.39, 0.29) is 142 Å². The van der Waals surface area contributed by atoms with Gasteiger partial charge in [0.1, 0.15) is 56.6 Å². The van der Waals surface area contributed by atoms with Crippen molar-refractivity contribution in [3.05, 3.63) is 0 Å². The predicted molar refractivity (Wildman–Crippen MR) is 360 cm³/mol. The number of nitrogens with zero attached hydrogens (tertiary/aromatic N) is 6. The van der Waals surface area contributed by atoms with Gasteiger partial charge in [0.25, 0.3) is 20.2 Å². The minimum Gasteiger partial charge on any atom is -0.481 e. The smallest absolute Gasteiger partial charge is 0.306 e. The molecule has 9 aliphatic rings. The number of hydrogen-bond acceptors (Lipinski definition) is 37. The zero-order chi connectivity index (χ0) is 74.3. The molecular weight excluding hydrogens is 1440 g/mol. The second-order valence-electron chi connectivity index (χ2n) is 28.7. The molecule has 25 unspecified atom stereocenters. The van der Waals surface area contributed by atoms with E-state index < -0.39 is 221 Å². The lowest BCUT2D eigenvalue weighted by atomic mass is 9.65. The van der Waals surface area contributed by atoms with Gasteiger partial charge in [-0.1, -0.05) is 0 Å². The molecule has 7 saturated carbocycles. The molecule has 2 heterocycles. The van der Waals surface area contributed by atoms with E-state index >= 15 is 0 Å². The number of aliphatic carboxylic acids is 3. The predicted octanol–water partition coefficient (Wildman–Crippen LogP) is -4.30. The van der Waals surface area contributed by atoms with Gasteiger partial charge in [0.05, 0.1) is 117 Å². The summed E-state index contributed by atoms with van der Waals surface area (Å²) in [6, 6.07) is -7.44. The van der Waals surface area contributed by atoms with E-state index in [1.807, 2.05) is 0 Å². The van der Waals surface area contributed by atoms with E-state index in [9.17, 15) is 119 Å². The van der Waals surface area contributed by atoms with Crippen LogP contribution < -0.4 is 53.2 Å². The molecule has 0 spiro atoms. The minimum atomic E-state index is -4.80. The molecule has 9 fully saturated rings. The molecule has 590 valence electrons. The fourth-order valence-corrected chi connectivity index (χ4v) is 21.4. The van der Waals surface area contributed by atoms with Gasteiger partial charge in [-0.05, 0) is 115 Å². The van der Waals surface area contributed by atoms with Crippen molar-refractivity contribution >= 4 is 59.9 Å². The van der Waals surface area contributed by atoms with Gasteiger partial charge < -0.3 is 83.1 Å². The third-order valence-corrected chi connectivity index (χ3v) is 27.1. The van der Waals surface area contributed by atoms with E-state index in [1.165, 1.54) is 0 Å². The van der Waals surface area contributed by atoms with E-state index in [2.05, 4.69) is 73.6 Å². The zero-order valence-corrected chi connectivity index (χ0v) is 59.2. The molecule has 0 aromatic rings. The maximum atomic E-state index is 13.0. The van der Waals surface area contributed by atoms with Crippen molar-refractivity contribution in [3.8, 4) is 0 Å². The summed E-state index contributed by atoms with van der Waals surface area (Å²) in [5.41, 5.74) is 0. The van der Waals surface area contributed by atoms with Crippen LogP contribution in [0.1, 0.15) is 103 Å². The Labute approximate surface area is 593 Å². The molecule has 0 amide bonds. The summed E-state index contributed by atoms with van der Waals surface area (Å²) >= 11 is 0. The summed E-state index contributed by atoms with van der Waals surface area (Å²) in [4.78, 5) is 39.6. The first-order valence-electron chi connectivity index (χ1n) is 34.6. The van der Waals surface area contributed by atoms with Crippen molar-refractivity contribution in [1.82, 2.24) is 63.0 Å². The van der Waals surface area contributed by atoms with Crippen LogP contribution in [0.2, 0.25) is 0 Å². The quantitative estimate of drug-likeness (QED) is 0.0177. The summed E-state index contributed by atoms with van der Waals surface area (Å²) < 4.78 is 144. The fourth-order valence-electron chi connectivity index (χ4n) is 17.3. The molecule has 2 saturated heterocycles. The van der Waals surface area contributed by atoms with Gasteiger partial charge in [0, 0.05) is 62.2 Å². The van der Waals surface area contributed by atoms with Gasteiger partial charge in [-0.2, -0.15) is 37.3 Å². The second kappa shape index (κ2) is 36.1. The number of azo groups is 2. The molecule has 7 aliphatic carbocycles. The molecular formula is C56H106N16O26S4. The summed E-state index contributed by atoms with van der Waals surface area (Å²) in [5, 5.41) is 150. The first-order chi connectivity index (χ1) is 48.1. The molecule has 46 heteroatoms. The number of ether oxygens (including phenoxy) is 1. The Kier molecular flexibility index (Phi) is 29.4. The van der Waals surface area contributed by atoms with Crippen molar-refractivity contribution in [2.75, 3.05) is 59.4 Å². The normalized spacial score (nSPS) is 41.0. The zero-order valence-electron chi connectivity index (χ0n) is 56.0. The molecule has 0 aromatic carbocycles. The highest BCUT2D eigenvalue weighted by molar-refractivity contribution is 8.20. The molecule has 102 heavy (non-hydrogen) atoms. The van der Waals surface area contributed by atoms with Gasteiger partial charge in [-0.25, -0.2) is 0 Å². The van der Waals surface area contributed by atoms with Gasteiger partial charge in [-0.3, -0.25) is 86.5 Å².